The van der Waals surface area contributed by atoms with Crippen molar-refractivity contribution in [2.45, 2.75) is 30.6 Å². The lowest BCUT2D eigenvalue weighted by Gasteiger charge is -2.38. The van der Waals surface area contributed by atoms with E-state index in [1.807, 2.05) is 35.2 Å². The summed E-state index contributed by atoms with van der Waals surface area (Å²) in [7, 11) is -3.59. The van der Waals surface area contributed by atoms with Gasteiger partial charge in [0.05, 0.1) is 0 Å². The quantitative estimate of drug-likeness (QED) is 0.642. The number of hydrogen-bond donors (Lipinski definition) is 0. The van der Waals surface area contributed by atoms with Crippen molar-refractivity contribution in [1.29, 1.82) is 0 Å². The number of benzene rings is 1. The van der Waals surface area contributed by atoms with Gasteiger partial charge in [-0.25, -0.2) is 8.42 Å². The number of amides is 2. The summed E-state index contributed by atoms with van der Waals surface area (Å²) < 4.78 is 26.9. The first-order chi connectivity index (χ1) is 15.9. The molecule has 0 radical (unpaired) electrons. The van der Waals surface area contributed by atoms with Gasteiger partial charge in [0, 0.05) is 64.0 Å². The predicted molar refractivity (Wildman–Crippen MR) is 124 cm³/mol. The molecule has 0 unspecified atom stereocenters. The average molecular weight is 471 g/mol. The summed E-state index contributed by atoms with van der Waals surface area (Å²) in [5.74, 6) is 0.105. The first kappa shape index (κ1) is 23.4. The molecular formula is C24H30N4O4S. The highest BCUT2D eigenvalue weighted by Crippen LogP contribution is 2.23. The summed E-state index contributed by atoms with van der Waals surface area (Å²) in [6.45, 7) is 2.52. The summed E-state index contributed by atoms with van der Waals surface area (Å²) in [6, 6.07) is 13.1. The molecule has 2 aliphatic heterocycles. The Kier molecular flexibility index (Phi) is 7.39. The maximum Gasteiger partial charge on any atom is 0.244 e. The molecule has 2 saturated heterocycles. The number of aromatic nitrogens is 1. The number of rotatable bonds is 6. The van der Waals surface area contributed by atoms with E-state index in [0.29, 0.717) is 45.4 Å². The van der Waals surface area contributed by atoms with Gasteiger partial charge in [0.1, 0.15) is 4.90 Å². The van der Waals surface area contributed by atoms with Crippen LogP contribution in [0.2, 0.25) is 0 Å². The minimum atomic E-state index is -3.59. The molecule has 2 fully saturated rings. The Morgan fingerprint density at radius 1 is 0.879 bits per heavy atom. The molecule has 3 heterocycles. The van der Waals surface area contributed by atoms with E-state index in [4.69, 9.17) is 0 Å². The minimum absolute atomic E-state index is 0.0739. The molecule has 0 atom stereocenters. The van der Waals surface area contributed by atoms with E-state index in [-0.39, 0.29) is 35.7 Å². The number of hydrogen-bond acceptors (Lipinski definition) is 5. The Morgan fingerprint density at radius 3 is 2.21 bits per heavy atom. The van der Waals surface area contributed by atoms with Crippen molar-refractivity contribution >= 4 is 21.8 Å². The molecule has 1 aromatic carbocycles. The first-order valence-corrected chi connectivity index (χ1v) is 12.9. The Bertz CT molecular complexity index is 1050. The standard InChI is InChI=1S/C24H30N4O4S/c29-23(9-8-20-5-2-1-3-6-20)26-13-10-21(11-14-26)24(30)27-15-17-28(18-16-27)33(31,32)22-7-4-12-25-19-22/h1-7,12,19,21H,8-11,13-18H2. The highest BCUT2D eigenvalue weighted by molar-refractivity contribution is 7.89. The van der Waals surface area contributed by atoms with Crippen LogP contribution in [0.25, 0.3) is 0 Å². The predicted octanol–water partition coefficient (Wildman–Crippen LogP) is 1.79. The van der Waals surface area contributed by atoms with Gasteiger partial charge < -0.3 is 9.80 Å². The van der Waals surface area contributed by atoms with E-state index in [2.05, 4.69) is 4.98 Å². The Hall–Kier alpha value is -2.78. The van der Waals surface area contributed by atoms with E-state index in [9.17, 15) is 18.0 Å². The Labute approximate surface area is 195 Å². The van der Waals surface area contributed by atoms with Gasteiger partial charge in [-0.3, -0.25) is 14.6 Å². The van der Waals surface area contributed by atoms with Crippen LogP contribution < -0.4 is 0 Å². The molecule has 0 bridgehead atoms. The minimum Gasteiger partial charge on any atom is -0.343 e. The monoisotopic (exact) mass is 470 g/mol. The van der Waals surface area contributed by atoms with Crippen LogP contribution in [0, 0.1) is 5.92 Å². The van der Waals surface area contributed by atoms with Gasteiger partial charge in [-0.1, -0.05) is 30.3 Å². The summed E-state index contributed by atoms with van der Waals surface area (Å²) in [5.41, 5.74) is 1.15. The van der Waals surface area contributed by atoms with Gasteiger partial charge in [-0.2, -0.15) is 4.31 Å². The zero-order chi connectivity index (χ0) is 23.3. The second kappa shape index (κ2) is 10.4. The molecular weight excluding hydrogens is 440 g/mol. The van der Waals surface area contributed by atoms with E-state index in [1.165, 1.54) is 22.8 Å². The third-order valence-corrected chi connectivity index (χ3v) is 8.37. The van der Waals surface area contributed by atoms with Gasteiger partial charge in [0.2, 0.25) is 21.8 Å². The fraction of sp³-hybridized carbons (Fsp3) is 0.458. The molecule has 8 nitrogen and oxygen atoms in total. The fourth-order valence-corrected chi connectivity index (χ4v) is 5.87. The molecule has 0 aliphatic carbocycles. The maximum absolute atomic E-state index is 13.0. The molecule has 2 amide bonds. The number of carbonyl (C=O) groups excluding carboxylic acids is 2. The third-order valence-electron chi connectivity index (χ3n) is 6.49. The second-order valence-corrected chi connectivity index (χ2v) is 10.5. The lowest BCUT2D eigenvalue weighted by atomic mass is 9.94. The number of likely N-dealkylation sites (tertiary alicyclic amines) is 1. The van der Waals surface area contributed by atoms with Gasteiger partial charge in [-0.05, 0) is 37.0 Å². The van der Waals surface area contributed by atoms with Crippen molar-refractivity contribution in [2.24, 2.45) is 5.92 Å². The highest BCUT2D eigenvalue weighted by Gasteiger charge is 2.34. The van der Waals surface area contributed by atoms with E-state index < -0.39 is 10.0 Å². The highest BCUT2D eigenvalue weighted by atomic mass is 32.2. The molecule has 176 valence electrons. The number of sulfonamides is 1. The van der Waals surface area contributed by atoms with Crippen LogP contribution in [0.1, 0.15) is 24.8 Å². The summed E-state index contributed by atoms with van der Waals surface area (Å²) >= 11 is 0. The number of nitrogens with zero attached hydrogens (tertiary/aromatic N) is 4. The van der Waals surface area contributed by atoms with E-state index >= 15 is 0 Å². The third kappa shape index (κ3) is 5.59. The summed E-state index contributed by atoms with van der Waals surface area (Å²) in [6.07, 6.45) is 5.41. The number of carbonyl (C=O) groups is 2. The van der Waals surface area contributed by atoms with Gasteiger partial charge in [-0.15, -0.1) is 0 Å². The topological polar surface area (TPSA) is 90.9 Å². The largest absolute Gasteiger partial charge is 0.343 e. The van der Waals surface area contributed by atoms with Crippen molar-refractivity contribution in [3.8, 4) is 0 Å². The molecule has 0 N–H and O–H groups in total. The lowest BCUT2D eigenvalue weighted by molar-refractivity contribution is -0.141. The zero-order valence-corrected chi connectivity index (χ0v) is 19.5. The number of piperidine rings is 1. The van der Waals surface area contributed by atoms with Crippen LogP contribution in [0.15, 0.2) is 59.8 Å². The number of pyridine rings is 1. The molecule has 0 saturated carbocycles. The first-order valence-electron chi connectivity index (χ1n) is 11.5. The zero-order valence-electron chi connectivity index (χ0n) is 18.7. The van der Waals surface area contributed by atoms with E-state index in [1.54, 1.807) is 11.0 Å². The molecule has 2 aromatic rings. The number of aryl methyl sites for hydroxylation is 1. The van der Waals surface area contributed by atoms with Crippen LogP contribution in [-0.4, -0.2) is 78.6 Å². The van der Waals surface area contributed by atoms with Crippen LogP contribution in [-0.2, 0) is 26.0 Å². The van der Waals surface area contributed by atoms with Gasteiger partial charge in [0.15, 0.2) is 0 Å². The van der Waals surface area contributed by atoms with Crippen LogP contribution in [0.3, 0.4) is 0 Å². The van der Waals surface area contributed by atoms with Crippen molar-refractivity contribution in [3.63, 3.8) is 0 Å². The van der Waals surface area contributed by atoms with Gasteiger partial charge in [0.25, 0.3) is 0 Å². The lowest BCUT2D eigenvalue weighted by Crippen LogP contribution is -2.53. The van der Waals surface area contributed by atoms with Crippen LogP contribution in [0.4, 0.5) is 0 Å². The number of piperazine rings is 1. The second-order valence-electron chi connectivity index (χ2n) is 8.56. The van der Waals surface area contributed by atoms with Gasteiger partial charge >= 0.3 is 0 Å². The Balaban J connectivity index is 1.23. The molecule has 2 aliphatic rings. The van der Waals surface area contributed by atoms with Crippen molar-refractivity contribution in [3.05, 3.63) is 60.4 Å². The van der Waals surface area contributed by atoms with Crippen molar-refractivity contribution in [2.75, 3.05) is 39.3 Å². The van der Waals surface area contributed by atoms with Crippen LogP contribution in [0.5, 0.6) is 0 Å². The molecule has 0 spiro atoms. The Morgan fingerprint density at radius 2 is 1.58 bits per heavy atom. The molecule has 1 aromatic heterocycles. The summed E-state index contributed by atoms with van der Waals surface area (Å²) in [4.78, 5) is 33.3. The SMILES string of the molecule is O=C(CCc1ccccc1)N1CCC(C(=O)N2CCN(S(=O)(=O)c3cccnc3)CC2)CC1. The van der Waals surface area contributed by atoms with E-state index in [0.717, 1.165) is 12.0 Å². The van der Waals surface area contributed by atoms with Crippen molar-refractivity contribution < 1.29 is 18.0 Å². The van der Waals surface area contributed by atoms with Crippen LogP contribution >= 0.6 is 0 Å². The molecule has 9 heteroatoms. The smallest absolute Gasteiger partial charge is 0.244 e. The normalized spacial score (nSPS) is 18.3. The molecule has 33 heavy (non-hydrogen) atoms. The fourth-order valence-electron chi connectivity index (χ4n) is 4.49. The maximum atomic E-state index is 13.0. The average Bonchev–Trinajstić information content (AvgIpc) is 2.88. The summed E-state index contributed by atoms with van der Waals surface area (Å²) in [5, 5.41) is 0. The molecule has 4 rings (SSSR count). The van der Waals surface area contributed by atoms with Crippen molar-refractivity contribution in [1.82, 2.24) is 19.1 Å².